The molecule has 0 spiro atoms. The fourth-order valence-corrected chi connectivity index (χ4v) is 3.38. The monoisotopic (exact) mass is 395 g/mol. The number of carbonyl (C=O) groups is 2. The van der Waals surface area contributed by atoms with Crippen molar-refractivity contribution in [1.82, 2.24) is 4.57 Å². The summed E-state index contributed by atoms with van der Waals surface area (Å²) in [6.07, 6.45) is 0.261. The maximum atomic E-state index is 12.7. The largest absolute Gasteiger partial charge is 0.497 e. The molecule has 0 aliphatic heterocycles. The van der Waals surface area contributed by atoms with Gasteiger partial charge in [-0.05, 0) is 55.0 Å². The van der Waals surface area contributed by atoms with Crippen molar-refractivity contribution in [3.8, 4) is 11.5 Å². The summed E-state index contributed by atoms with van der Waals surface area (Å²) in [6.45, 7) is 4.21. The van der Waals surface area contributed by atoms with Gasteiger partial charge in [0.2, 0.25) is 5.78 Å². The van der Waals surface area contributed by atoms with Gasteiger partial charge in [0, 0.05) is 23.5 Å². The third-order valence-electron chi connectivity index (χ3n) is 5.03. The van der Waals surface area contributed by atoms with E-state index in [1.54, 1.807) is 7.11 Å². The maximum Gasteiger partial charge on any atom is 0.307 e. The minimum atomic E-state index is -0.276. The number of carbonyl (C=O) groups excluding carboxylic acids is 2. The number of aromatic nitrogens is 1. The molecule has 0 N–H and O–H groups in total. The first-order valence-corrected chi connectivity index (χ1v) is 9.40. The summed E-state index contributed by atoms with van der Waals surface area (Å²) in [5.41, 5.74) is 2.35. The zero-order valence-corrected chi connectivity index (χ0v) is 17.2. The Morgan fingerprint density at radius 1 is 0.931 bits per heavy atom. The number of aryl methyl sites for hydroxylation is 1. The van der Waals surface area contributed by atoms with Crippen molar-refractivity contribution < 1.29 is 23.8 Å². The lowest BCUT2D eigenvalue weighted by Crippen LogP contribution is -2.14. The third kappa shape index (κ3) is 4.59. The molecule has 3 aromatic rings. The standard InChI is InChI=1S/C23H25NO5/c1-15-11-21(16(2)24(15)10-9-23(26)28-4)22(25)14-29-20-8-6-17-5-7-19(27-3)12-18(17)13-20/h5-8,11-13H,9-10,14H2,1-4H3. The normalized spacial score (nSPS) is 10.8. The molecule has 0 aliphatic carbocycles. The van der Waals surface area contributed by atoms with Crippen molar-refractivity contribution in [2.45, 2.75) is 26.8 Å². The van der Waals surface area contributed by atoms with Crippen LogP contribution in [0.4, 0.5) is 0 Å². The highest BCUT2D eigenvalue weighted by Crippen LogP contribution is 2.25. The number of hydrogen-bond acceptors (Lipinski definition) is 5. The van der Waals surface area contributed by atoms with Crippen LogP contribution in [-0.4, -0.2) is 37.1 Å². The molecule has 0 atom stereocenters. The number of hydrogen-bond donors (Lipinski definition) is 0. The number of nitrogens with zero attached hydrogens (tertiary/aromatic N) is 1. The van der Waals surface area contributed by atoms with Crippen LogP contribution in [0.25, 0.3) is 10.8 Å². The van der Waals surface area contributed by atoms with Gasteiger partial charge in [-0.3, -0.25) is 9.59 Å². The van der Waals surface area contributed by atoms with Crippen LogP contribution in [0.15, 0.2) is 42.5 Å². The van der Waals surface area contributed by atoms with Crippen LogP contribution in [0, 0.1) is 13.8 Å². The Hall–Kier alpha value is -3.28. The van der Waals surface area contributed by atoms with Gasteiger partial charge >= 0.3 is 5.97 Å². The lowest BCUT2D eigenvalue weighted by Gasteiger charge is -2.10. The molecule has 0 saturated carbocycles. The zero-order chi connectivity index (χ0) is 21.0. The van der Waals surface area contributed by atoms with Crippen molar-refractivity contribution in [2.24, 2.45) is 0 Å². The summed E-state index contributed by atoms with van der Waals surface area (Å²) < 4.78 is 17.7. The summed E-state index contributed by atoms with van der Waals surface area (Å²) in [4.78, 5) is 24.1. The van der Waals surface area contributed by atoms with Gasteiger partial charge in [0.25, 0.3) is 0 Å². The molecule has 0 saturated heterocycles. The van der Waals surface area contributed by atoms with E-state index in [0.29, 0.717) is 17.9 Å². The van der Waals surface area contributed by atoms with Crippen molar-refractivity contribution in [1.29, 1.82) is 0 Å². The molecule has 1 heterocycles. The van der Waals surface area contributed by atoms with Gasteiger partial charge in [0.05, 0.1) is 20.6 Å². The highest BCUT2D eigenvalue weighted by molar-refractivity contribution is 5.98. The second-order valence-electron chi connectivity index (χ2n) is 6.85. The number of fused-ring (bicyclic) bond motifs is 1. The third-order valence-corrected chi connectivity index (χ3v) is 5.03. The van der Waals surface area contributed by atoms with Crippen LogP contribution >= 0.6 is 0 Å². The smallest absolute Gasteiger partial charge is 0.307 e. The van der Waals surface area contributed by atoms with Gasteiger partial charge in [0.15, 0.2) is 6.61 Å². The predicted molar refractivity (Wildman–Crippen MR) is 111 cm³/mol. The molecule has 3 rings (SSSR count). The van der Waals surface area contributed by atoms with Gasteiger partial charge < -0.3 is 18.8 Å². The summed E-state index contributed by atoms with van der Waals surface area (Å²) in [7, 11) is 2.99. The molecule has 0 aliphatic rings. The van der Waals surface area contributed by atoms with E-state index in [2.05, 4.69) is 0 Å². The number of ketones is 1. The summed E-state index contributed by atoms with van der Waals surface area (Å²) in [5.74, 6) is 1.01. The fraction of sp³-hybridized carbons (Fsp3) is 0.304. The molecule has 0 unspecified atom stereocenters. The molecule has 29 heavy (non-hydrogen) atoms. The van der Waals surface area contributed by atoms with Crippen LogP contribution in [0.1, 0.15) is 28.2 Å². The van der Waals surface area contributed by atoms with E-state index < -0.39 is 0 Å². The number of esters is 1. The molecule has 1 aromatic heterocycles. The van der Waals surface area contributed by atoms with Gasteiger partial charge in [-0.15, -0.1) is 0 Å². The lowest BCUT2D eigenvalue weighted by molar-refractivity contribution is -0.140. The summed E-state index contributed by atoms with van der Waals surface area (Å²) in [5, 5.41) is 2.05. The topological polar surface area (TPSA) is 66.8 Å². The molecule has 0 amide bonds. The summed E-state index contributed by atoms with van der Waals surface area (Å²) in [6, 6.07) is 13.3. The van der Waals surface area contributed by atoms with Crippen molar-refractivity contribution in [2.75, 3.05) is 20.8 Å². The van der Waals surface area contributed by atoms with Crippen LogP contribution in [-0.2, 0) is 16.1 Å². The highest BCUT2D eigenvalue weighted by atomic mass is 16.5. The van der Waals surface area contributed by atoms with Crippen LogP contribution in [0.5, 0.6) is 11.5 Å². The zero-order valence-electron chi connectivity index (χ0n) is 17.2. The first-order valence-electron chi connectivity index (χ1n) is 9.40. The van der Waals surface area contributed by atoms with E-state index in [0.717, 1.165) is 27.9 Å². The van der Waals surface area contributed by atoms with Crippen LogP contribution < -0.4 is 9.47 Å². The minimum absolute atomic E-state index is 0.0588. The number of rotatable bonds is 8. The van der Waals surface area contributed by atoms with E-state index in [-0.39, 0.29) is 24.8 Å². The van der Waals surface area contributed by atoms with E-state index in [1.807, 2.05) is 60.9 Å². The Balaban J connectivity index is 1.70. The minimum Gasteiger partial charge on any atom is -0.497 e. The molecule has 2 aromatic carbocycles. The fourth-order valence-electron chi connectivity index (χ4n) is 3.38. The molecule has 152 valence electrons. The van der Waals surface area contributed by atoms with E-state index in [4.69, 9.17) is 14.2 Å². The van der Waals surface area contributed by atoms with Crippen LogP contribution in [0.3, 0.4) is 0 Å². The quantitative estimate of drug-likeness (QED) is 0.424. The highest BCUT2D eigenvalue weighted by Gasteiger charge is 2.17. The molecule has 6 heteroatoms. The molecule has 6 nitrogen and oxygen atoms in total. The van der Waals surface area contributed by atoms with Gasteiger partial charge in [-0.25, -0.2) is 0 Å². The average molecular weight is 395 g/mol. The second kappa shape index (κ2) is 8.82. The van der Waals surface area contributed by atoms with Gasteiger partial charge in [0.1, 0.15) is 11.5 Å². The van der Waals surface area contributed by atoms with E-state index in [9.17, 15) is 9.59 Å². The van der Waals surface area contributed by atoms with E-state index >= 15 is 0 Å². The van der Waals surface area contributed by atoms with Gasteiger partial charge in [-0.1, -0.05) is 12.1 Å². The number of benzene rings is 2. The number of ether oxygens (including phenoxy) is 3. The Kier molecular flexibility index (Phi) is 6.22. The SMILES string of the molecule is COC(=O)CCn1c(C)cc(C(=O)COc2ccc3ccc(OC)cc3c2)c1C. The Morgan fingerprint density at radius 3 is 2.31 bits per heavy atom. The lowest BCUT2D eigenvalue weighted by atomic mass is 10.1. The maximum absolute atomic E-state index is 12.7. The van der Waals surface area contributed by atoms with Crippen LogP contribution in [0.2, 0.25) is 0 Å². The Morgan fingerprint density at radius 2 is 1.62 bits per heavy atom. The van der Waals surface area contributed by atoms with E-state index in [1.165, 1.54) is 7.11 Å². The predicted octanol–water partition coefficient (Wildman–Crippen LogP) is 4.09. The average Bonchev–Trinajstić information content (AvgIpc) is 3.02. The van der Waals surface area contributed by atoms with Gasteiger partial charge in [-0.2, -0.15) is 0 Å². The van der Waals surface area contributed by atoms with Crippen molar-refractivity contribution >= 4 is 22.5 Å². The second-order valence-corrected chi connectivity index (χ2v) is 6.85. The molecule has 0 bridgehead atoms. The molecule has 0 fully saturated rings. The Labute approximate surface area is 170 Å². The molecular formula is C23H25NO5. The Bertz CT molecular complexity index is 1050. The summed E-state index contributed by atoms with van der Waals surface area (Å²) >= 11 is 0. The molecule has 0 radical (unpaired) electrons. The first-order chi connectivity index (χ1) is 13.9. The number of Topliss-reactive ketones (excluding diaryl/α,β-unsaturated/α-hetero) is 1. The van der Waals surface area contributed by atoms with Crippen molar-refractivity contribution in [3.63, 3.8) is 0 Å². The number of methoxy groups -OCH3 is 2. The first kappa shape index (κ1) is 20.5. The van der Waals surface area contributed by atoms with Crippen molar-refractivity contribution in [3.05, 3.63) is 59.4 Å². The molecular weight excluding hydrogens is 370 g/mol.